The van der Waals surface area contributed by atoms with Gasteiger partial charge < -0.3 is 19.1 Å². The molecule has 7 nitrogen and oxygen atoms in total. The van der Waals surface area contributed by atoms with Gasteiger partial charge in [-0.3, -0.25) is 0 Å². The molecule has 1 aliphatic heterocycles. The first-order valence-corrected chi connectivity index (χ1v) is 13.0. The topological polar surface area (TPSA) is 73.8 Å². The van der Waals surface area contributed by atoms with Gasteiger partial charge in [0, 0.05) is 36.8 Å². The van der Waals surface area contributed by atoms with Crippen LogP contribution in [0.15, 0.2) is 72.9 Å². The number of rotatable bonds is 10. The Balaban J connectivity index is 1.68. The van der Waals surface area contributed by atoms with E-state index in [0.717, 1.165) is 36.1 Å². The van der Waals surface area contributed by atoms with Crippen LogP contribution in [0.2, 0.25) is 0 Å². The second-order valence-corrected chi connectivity index (χ2v) is 10.5. The summed E-state index contributed by atoms with van der Waals surface area (Å²) in [5, 5.41) is 8.28. The van der Waals surface area contributed by atoms with Crippen molar-refractivity contribution >= 4 is 6.09 Å². The van der Waals surface area contributed by atoms with Crippen LogP contribution in [0.1, 0.15) is 58.1 Å². The molecule has 2 aromatic carbocycles. The molecule has 7 heteroatoms. The molecule has 4 rings (SSSR count). The van der Waals surface area contributed by atoms with E-state index < -0.39 is 11.2 Å². The lowest BCUT2D eigenvalue weighted by atomic mass is 9.73. The number of hydrogen-bond donors (Lipinski definition) is 0. The van der Waals surface area contributed by atoms with Gasteiger partial charge in [0.25, 0.3) is 0 Å². The van der Waals surface area contributed by atoms with E-state index in [4.69, 9.17) is 14.2 Å². The quantitative estimate of drug-likeness (QED) is 0.319. The van der Waals surface area contributed by atoms with Crippen molar-refractivity contribution in [3.8, 4) is 11.6 Å². The van der Waals surface area contributed by atoms with Crippen molar-refractivity contribution in [1.29, 1.82) is 0 Å². The lowest BCUT2D eigenvalue weighted by Crippen LogP contribution is -2.61. The van der Waals surface area contributed by atoms with E-state index in [0.29, 0.717) is 25.6 Å². The number of carbonyl (C=O) groups excluding carboxylic acids is 1. The smallest absolute Gasteiger partial charge is 0.410 e. The van der Waals surface area contributed by atoms with Crippen molar-refractivity contribution in [2.24, 2.45) is 5.92 Å². The Hall–Kier alpha value is -3.61. The van der Waals surface area contributed by atoms with Gasteiger partial charge in [0.1, 0.15) is 23.6 Å². The van der Waals surface area contributed by atoms with E-state index in [9.17, 15) is 4.79 Å². The van der Waals surface area contributed by atoms with Gasteiger partial charge in [0.2, 0.25) is 5.88 Å². The molecular formula is C30H37N3O4. The van der Waals surface area contributed by atoms with Crippen molar-refractivity contribution in [3.63, 3.8) is 0 Å². The Labute approximate surface area is 219 Å². The van der Waals surface area contributed by atoms with Gasteiger partial charge in [0.05, 0.1) is 0 Å². The third-order valence-electron chi connectivity index (χ3n) is 6.51. The highest BCUT2D eigenvalue weighted by molar-refractivity contribution is 5.69. The van der Waals surface area contributed by atoms with Crippen molar-refractivity contribution < 1.29 is 19.0 Å². The van der Waals surface area contributed by atoms with Gasteiger partial charge >= 0.3 is 6.09 Å². The van der Waals surface area contributed by atoms with Crippen molar-refractivity contribution in [2.45, 2.75) is 64.8 Å². The number of likely N-dealkylation sites (tertiary alicyclic amines) is 1. The number of hydrogen-bond acceptors (Lipinski definition) is 6. The normalized spacial score (nSPS) is 15.4. The summed E-state index contributed by atoms with van der Waals surface area (Å²) < 4.78 is 18.8. The van der Waals surface area contributed by atoms with Crippen LogP contribution >= 0.6 is 0 Å². The fraction of sp³-hybridized carbons (Fsp3) is 0.433. The maximum Gasteiger partial charge on any atom is 0.410 e. The van der Waals surface area contributed by atoms with Gasteiger partial charge in [-0.15, -0.1) is 5.10 Å². The highest BCUT2D eigenvalue weighted by Crippen LogP contribution is 2.47. The summed E-state index contributed by atoms with van der Waals surface area (Å²) in [6, 6.07) is 21.8. The Morgan fingerprint density at radius 3 is 2.41 bits per heavy atom. The molecule has 0 saturated carbocycles. The van der Waals surface area contributed by atoms with Gasteiger partial charge in [0.15, 0.2) is 0 Å². The number of aromatic nitrogens is 2. The number of para-hydroxylation sites is 1. The first-order valence-electron chi connectivity index (χ1n) is 13.0. The van der Waals surface area contributed by atoms with Crippen LogP contribution in [0, 0.1) is 5.92 Å². The van der Waals surface area contributed by atoms with E-state index >= 15 is 0 Å². The van der Waals surface area contributed by atoms with Crippen LogP contribution in [0.4, 0.5) is 4.79 Å². The minimum absolute atomic E-state index is 0.0232. The molecule has 1 aromatic heterocycles. The summed E-state index contributed by atoms with van der Waals surface area (Å²) in [7, 11) is 0. The first-order chi connectivity index (χ1) is 17.8. The Morgan fingerprint density at radius 2 is 1.73 bits per heavy atom. The van der Waals surface area contributed by atoms with Crippen LogP contribution in [-0.4, -0.2) is 39.9 Å². The molecule has 1 atom stereocenters. The van der Waals surface area contributed by atoms with Gasteiger partial charge in [-0.05, 0) is 51.3 Å². The number of amides is 1. The molecule has 1 unspecified atom stereocenters. The SMILES string of the molecule is CCCCC(Oc1cccnn1)(c1ccccc1OCc1ccccc1)C1CN(C(=O)OC(C)(C)C)C1. The molecule has 0 spiro atoms. The first kappa shape index (κ1) is 26.5. The van der Waals surface area contributed by atoms with E-state index in [2.05, 4.69) is 23.2 Å². The zero-order valence-corrected chi connectivity index (χ0v) is 22.2. The summed E-state index contributed by atoms with van der Waals surface area (Å²) in [5.74, 6) is 1.24. The summed E-state index contributed by atoms with van der Waals surface area (Å²) >= 11 is 0. The molecule has 2 heterocycles. The average molecular weight is 504 g/mol. The number of unbranched alkanes of at least 4 members (excludes halogenated alkanes) is 1. The Morgan fingerprint density at radius 1 is 1.00 bits per heavy atom. The summed E-state index contributed by atoms with van der Waals surface area (Å²) in [5.41, 5.74) is 0.748. The second-order valence-electron chi connectivity index (χ2n) is 10.5. The Kier molecular flexibility index (Phi) is 8.31. The minimum atomic E-state index is -0.752. The molecule has 196 valence electrons. The minimum Gasteiger partial charge on any atom is -0.488 e. The maximum atomic E-state index is 12.8. The van der Waals surface area contributed by atoms with Crippen LogP contribution < -0.4 is 9.47 Å². The molecule has 1 fully saturated rings. The highest BCUT2D eigenvalue weighted by atomic mass is 16.6. The van der Waals surface area contributed by atoms with Crippen LogP contribution in [0.5, 0.6) is 11.6 Å². The van der Waals surface area contributed by atoms with Crippen molar-refractivity contribution in [1.82, 2.24) is 15.1 Å². The lowest BCUT2D eigenvalue weighted by molar-refractivity contribution is -0.0852. The van der Waals surface area contributed by atoms with Gasteiger partial charge in [-0.2, -0.15) is 5.10 Å². The number of benzene rings is 2. The molecule has 3 aromatic rings. The van der Waals surface area contributed by atoms with Crippen LogP contribution in [-0.2, 0) is 16.9 Å². The van der Waals surface area contributed by atoms with Crippen molar-refractivity contribution in [3.05, 3.63) is 84.1 Å². The number of nitrogens with zero attached hydrogens (tertiary/aromatic N) is 3. The van der Waals surface area contributed by atoms with Crippen LogP contribution in [0.3, 0.4) is 0 Å². The molecular weight excluding hydrogens is 466 g/mol. The molecule has 0 aliphatic carbocycles. The van der Waals surface area contributed by atoms with Gasteiger partial charge in [-0.25, -0.2) is 4.79 Å². The second kappa shape index (κ2) is 11.6. The average Bonchev–Trinajstić information content (AvgIpc) is 2.85. The third-order valence-corrected chi connectivity index (χ3v) is 6.51. The summed E-state index contributed by atoms with van der Waals surface area (Å²) in [6.45, 7) is 9.29. The van der Waals surface area contributed by atoms with E-state index in [1.807, 2.05) is 81.4 Å². The fourth-order valence-electron chi connectivity index (χ4n) is 4.64. The summed E-state index contributed by atoms with van der Waals surface area (Å²) in [6.07, 6.45) is 4.02. The Bertz CT molecular complexity index is 1140. The number of ether oxygens (including phenoxy) is 3. The van der Waals surface area contributed by atoms with Gasteiger partial charge in [-0.1, -0.05) is 61.9 Å². The molecule has 1 aliphatic rings. The highest BCUT2D eigenvalue weighted by Gasteiger charge is 2.51. The van der Waals surface area contributed by atoms with E-state index in [1.165, 1.54) is 0 Å². The largest absolute Gasteiger partial charge is 0.488 e. The predicted molar refractivity (Wildman–Crippen MR) is 142 cm³/mol. The fourth-order valence-corrected chi connectivity index (χ4v) is 4.64. The number of carbonyl (C=O) groups is 1. The molecule has 0 N–H and O–H groups in total. The summed E-state index contributed by atoms with van der Waals surface area (Å²) in [4.78, 5) is 14.5. The maximum absolute atomic E-state index is 12.8. The molecule has 1 amide bonds. The van der Waals surface area contributed by atoms with E-state index in [1.54, 1.807) is 11.1 Å². The molecule has 1 saturated heterocycles. The molecule has 0 bridgehead atoms. The zero-order valence-electron chi connectivity index (χ0n) is 22.2. The molecule has 37 heavy (non-hydrogen) atoms. The standard InChI is InChI=1S/C30H37N3O4/c1-5-6-18-30(36-27-17-12-19-31-32-27,24-20-33(21-24)28(34)37-29(2,3)4)25-15-10-11-16-26(25)35-22-23-13-8-7-9-14-23/h7-17,19,24H,5-6,18,20-22H2,1-4H3. The van der Waals surface area contributed by atoms with Crippen molar-refractivity contribution in [2.75, 3.05) is 13.1 Å². The predicted octanol–water partition coefficient (Wildman–Crippen LogP) is 6.39. The van der Waals surface area contributed by atoms with Crippen LogP contribution in [0.25, 0.3) is 0 Å². The molecule has 0 radical (unpaired) electrons. The monoisotopic (exact) mass is 503 g/mol. The van der Waals surface area contributed by atoms with E-state index in [-0.39, 0.29) is 12.0 Å². The lowest BCUT2D eigenvalue weighted by Gasteiger charge is -2.50. The zero-order chi connectivity index (χ0) is 26.3. The third kappa shape index (κ3) is 6.59.